The number of hydrogen-bond donors (Lipinski definition) is 1. The van der Waals surface area contributed by atoms with Crippen LogP contribution in [0.25, 0.3) is 0 Å². The van der Waals surface area contributed by atoms with Crippen LogP contribution in [-0.2, 0) is 21.4 Å². The molecule has 5 nitrogen and oxygen atoms in total. The maximum Gasteiger partial charge on any atom is 0.247 e. The van der Waals surface area contributed by atoms with Crippen molar-refractivity contribution < 1.29 is 13.2 Å². The van der Waals surface area contributed by atoms with Crippen LogP contribution in [0.3, 0.4) is 0 Å². The molecule has 19 heavy (non-hydrogen) atoms. The Morgan fingerprint density at radius 1 is 1.47 bits per heavy atom. The standard InChI is InChI=1S/C13H16N2O3S/c1-2-13(16)14-12-6-3-5-11(9-12)10-15-7-4-8-19(15,17)18/h2-3,5-6,9H,1,4,7-8,10H2,(H,14,16). The van der Waals surface area contributed by atoms with Gasteiger partial charge in [-0.2, -0.15) is 4.31 Å². The molecule has 0 unspecified atom stereocenters. The summed E-state index contributed by atoms with van der Waals surface area (Å²) in [6.07, 6.45) is 1.87. The van der Waals surface area contributed by atoms with E-state index in [9.17, 15) is 13.2 Å². The van der Waals surface area contributed by atoms with Crippen molar-refractivity contribution in [3.05, 3.63) is 42.5 Å². The van der Waals surface area contributed by atoms with Crippen LogP contribution in [0.5, 0.6) is 0 Å². The van der Waals surface area contributed by atoms with Crippen LogP contribution >= 0.6 is 0 Å². The Morgan fingerprint density at radius 3 is 2.89 bits per heavy atom. The molecule has 1 amide bonds. The number of nitrogens with zero attached hydrogens (tertiary/aromatic N) is 1. The number of hydrogen-bond acceptors (Lipinski definition) is 3. The number of benzene rings is 1. The van der Waals surface area contributed by atoms with Gasteiger partial charge in [0.2, 0.25) is 15.9 Å². The van der Waals surface area contributed by atoms with Gasteiger partial charge in [-0.05, 0) is 30.2 Å². The average molecular weight is 280 g/mol. The van der Waals surface area contributed by atoms with Crippen molar-refractivity contribution in [1.82, 2.24) is 4.31 Å². The van der Waals surface area contributed by atoms with Gasteiger partial charge in [0, 0.05) is 18.8 Å². The van der Waals surface area contributed by atoms with E-state index in [0.717, 1.165) is 5.56 Å². The number of amides is 1. The van der Waals surface area contributed by atoms with Crippen LogP contribution in [0.15, 0.2) is 36.9 Å². The molecule has 1 aliphatic rings. The van der Waals surface area contributed by atoms with E-state index in [-0.39, 0.29) is 11.7 Å². The van der Waals surface area contributed by atoms with Gasteiger partial charge in [-0.1, -0.05) is 18.7 Å². The SMILES string of the molecule is C=CC(=O)Nc1cccc(CN2CCCS2(=O)=O)c1. The third-order valence-corrected chi connectivity index (χ3v) is 4.85. The van der Waals surface area contributed by atoms with E-state index < -0.39 is 10.0 Å². The van der Waals surface area contributed by atoms with Crippen molar-refractivity contribution in [2.45, 2.75) is 13.0 Å². The van der Waals surface area contributed by atoms with E-state index in [0.29, 0.717) is 25.2 Å². The fourth-order valence-corrected chi connectivity index (χ4v) is 3.52. The third-order valence-electron chi connectivity index (χ3n) is 2.94. The molecular weight excluding hydrogens is 264 g/mol. The zero-order chi connectivity index (χ0) is 13.9. The van der Waals surface area contributed by atoms with Crippen LogP contribution in [0, 0.1) is 0 Å². The molecule has 0 aromatic heterocycles. The third kappa shape index (κ3) is 3.42. The molecule has 1 fully saturated rings. The van der Waals surface area contributed by atoms with E-state index >= 15 is 0 Å². The topological polar surface area (TPSA) is 66.5 Å². The summed E-state index contributed by atoms with van der Waals surface area (Å²) in [5, 5.41) is 2.65. The first-order valence-electron chi connectivity index (χ1n) is 6.01. The lowest BCUT2D eigenvalue weighted by Crippen LogP contribution is -2.25. The van der Waals surface area contributed by atoms with Gasteiger partial charge >= 0.3 is 0 Å². The number of nitrogens with one attached hydrogen (secondary N) is 1. The Balaban J connectivity index is 2.11. The van der Waals surface area contributed by atoms with Gasteiger partial charge in [0.25, 0.3) is 0 Å². The lowest BCUT2D eigenvalue weighted by atomic mass is 10.2. The highest BCUT2D eigenvalue weighted by Gasteiger charge is 2.27. The van der Waals surface area contributed by atoms with Crippen molar-refractivity contribution in [1.29, 1.82) is 0 Å². The number of rotatable bonds is 4. The zero-order valence-corrected chi connectivity index (χ0v) is 11.3. The molecule has 0 radical (unpaired) electrons. The Morgan fingerprint density at radius 2 is 2.26 bits per heavy atom. The van der Waals surface area contributed by atoms with Crippen LogP contribution in [0.1, 0.15) is 12.0 Å². The smallest absolute Gasteiger partial charge is 0.247 e. The Kier molecular flexibility index (Phi) is 4.01. The molecule has 1 aromatic rings. The van der Waals surface area contributed by atoms with Crippen molar-refractivity contribution in [2.24, 2.45) is 0 Å². The maximum absolute atomic E-state index is 11.7. The zero-order valence-electron chi connectivity index (χ0n) is 10.5. The fourth-order valence-electron chi connectivity index (χ4n) is 2.01. The summed E-state index contributed by atoms with van der Waals surface area (Å²) in [5.41, 5.74) is 1.49. The second-order valence-corrected chi connectivity index (χ2v) is 6.49. The molecule has 1 saturated heterocycles. The summed E-state index contributed by atoms with van der Waals surface area (Å²) in [4.78, 5) is 11.2. The van der Waals surface area contributed by atoms with Crippen molar-refractivity contribution in [3.8, 4) is 0 Å². The first-order chi connectivity index (χ1) is 9.01. The monoisotopic (exact) mass is 280 g/mol. The van der Waals surface area contributed by atoms with Gasteiger partial charge in [-0.25, -0.2) is 8.42 Å². The van der Waals surface area contributed by atoms with E-state index in [1.54, 1.807) is 18.2 Å². The molecule has 1 aliphatic heterocycles. The second kappa shape index (κ2) is 5.54. The van der Waals surface area contributed by atoms with Crippen LogP contribution in [0.2, 0.25) is 0 Å². The molecule has 0 atom stereocenters. The van der Waals surface area contributed by atoms with Gasteiger partial charge in [0.1, 0.15) is 0 Å². The minimum Gasteiger partial charge on any atom is -0.323 e. The molecule has 1 aromatic carbocycles. The molecular formula is C13H16N2O3S. The Hall–Kier alpha value is -1.66. The Bertz CT molecular complexity index is 596. The summed E-state index contributed by atoms with van der Waals surface area (Å²) in [6, 6.07) is 7.16. The van der Waals surface area contributed by atoms with Crippen molar-refractivity contribution >= 4 is 21.6 Å². The first kappa shape index (κ1) is 13.8. The van der Waals surface area contributed by atoms with E-state index in [1.807, 2.05) is 6.07 Å². The highest BCUT2D eigenvalue weighted by atomic mass is 32.2. The van der Waals surface area contributed by atoms with E-state index in [2.05, 4.69) is 11.9 Å². The van der Waals surface area contributed by atoms with Gasteiger partial charge in [-0.15, -0.1) is 0 Å². The Labute approximate surface area is 113 Å². The summed E-state index contributed by atoms with van der Waals surface area (Å²) in [7, 11) is -3.10. The molecule has 0 saturated carbocycles. The molecule has 102 valence electrons. The van der Waals surface area contributed by atoms with Crippen molar-refractivity contribution in [2.75, 3.05) is 17.6 Å². The first-order valence-corrected chi connectivity index (χ1v) is 7.62. The summed E-state index contributed by atoms with van der Waals surface area (Å²) >= 11 is 0. The van der Waals surface area contributed by atoms with Crippen LogP contribution in [0.4, 0.5) is 5.69 Å². The minimum atomic E-state index is -3.10. The predicted molar refractivity (Wildman–Crippen MR) is 74.1 cm³/mol. The highest BCUT2D eigenvalue weighted by molar-refractivity contribution is 7.89. The molecule has 0 aliphatic carbocycles. The van der Waals surface area contributed by atoms with Gasteiger partial charge in [-0.3, -0.25) is 4.79 Å². The second-order valence-electron chi connectivity index (χ2n) is 4.40. The molecule has 0 spiro atoms. The number of anilines is 1. The summed E-state index contributed by atoms with van der Waals surface area (Å²) in [5.74, 6) is -0.0640. The average Bonchev–Trinajstić information content (AvgIpc) is 2.69. The van der Waals surface area contributed by atoms with Crippen LogP contribution < -0.4 is 5.32 Å². The van der Waals surface area contributed by atoms with Gasteiger partial charge < -0.3 is 5.32 Å². The van der Waals surface area contributed by atoms with E-state index in [4.69, 9.17) is 0 Å². The predicted octanol–water partition coefficient (Wildman–Crippen LogP) is 1.35. The van der Waals surface area contributed by atoms with E-state index in [1.165, 1.54) is 10.4 Å². The van der Waals surface area contributed by atoms with Crippen LogP contribution in [-0.4, -0.2) is 30.9 Å². The molecule has 0 bridgehead atoms. The minimum absolute atomic E-state index is 0.222. The lowest BCUT2D eigenvalue weighted by Gasteiger charge is -2.14. The number of carbonyl (C=O) groups is 1. The highest BCUT2D eigenvalue weighted by Crippen LogP contribution is 2.19. The maximum atomic E-state index is 11.7. The number of sulfonamides is 1. The summed E-state index contributed by atoms with van der Waals surface area (Å²) < 4.78 is 24.9. The number of carbonyl (C=O) groups excluding carboxylic acids is 1. The normalized spacial score (nSPS) is 18.1. The molecule has 2 rings (SSSR count). The van der Waals surface area contributed by atoms with Crippen molar-refractivity contribution in [3.63, 3.8) is 0 Å². The van der Waals surface area contributed by atoms with Gasteiger partial charge in [0.05, 0.1) is 5.75 Å². The lowest BCUT2D eigenvalue weighted by molar-refractivity contribution is -0.111. The molecule has 6 heteroatoms. The fraction of sp³-hybridized carbons (Fsp3) is 0.308. The summed E-state index contributed by atoms with van der Waals surface area (Å²) in [6.45, 7) is 4.29. The largest absolute Gasteiger partial charge is 0.323 e. The molecule has 1 N–H and O–H groups in total. The quantitative estimate of drug-likeness (QED) is 0.847. The van der Waals surface area contributed by atoms with Gasteiger partial charge in [0.15, 0.2) is 0 Å². The molecule has 1 heterocycles.